The molecule has 0 bridgehead atoms. The van der Waals surface area contributed by atoms with Crippen LogP contribution >= 0.6 is 0 Å². The van der Waals surface area contributed by atoms with Crippen LogP contribution in [-0.4, -0.2) is 34.6 Å². The van der Waals surface area contributed by atoms with E-state index in [2.05, 4.69) is 10.0 Å². The number of carbonyl (C=O) groups excluding carboxylic acids is 1. The minimum Gasteiger partial charge on any atom is -0.490 e. The van der Waals surface area contributed by atoms with Crippen LogP contribution in [0.1, 0.15) is 22.3 Å². The van der Waals surface area contributed by atoms with E-state index >= 15 is 0 Å². The molecule has 0 aliphatic carbocycles. The number of carbonyl (C=O) groups is 1. The first-order chi connectivity index (χ1) is 12.4. The van der Waals surface area contributed by atoms with Crippen molar-refractivity contribution in [2.75, 3.05) is 25.6 Å². The average Bonchev–Trinajstić information content (AvgIpc) is 2.86. The Hall–Kier alpha value is -2.58. The van der Waals surface area contributed by atoms with Gasteiger partial charge in [0, 0.05) is 23.7 Å². The first-order valence-corrected chi connectivity index (χ1v) is 9.64. The fourth-order valence-corrected chi connectivity index (χ4v) is 3.33. The van der Waals surface area contributed by atoms with Crippen molar-refractivity contribution in [2.24, 2.45) is 0 Å². The van der Waals surface area contributed by atoms with Crippen molar-refractivity contribution < 1.29 is 22.7 Å². The number of aryl methyl sites for hydroxylation is 1. The van der Waals surface area contributed by atoms with Gasteiger partial charge in [0.05, 0.1) is 18.1 Å². The molecule has 0 aromatic heterocycles. The van der Waals surface area contributed by atoms with Crippen molar-refractivity contribution >= 4 is 21.6 Å². The van der Waals surface area contributed by atoms with Crippen LogP contribution in [0.5, 0.6) is 11.5 Å². The van der Waals surface area contributed by atoms with Crippen molar-refractivity contribution in [3.05, 3.63) is 47.5 Å². The quantitative estimate of drug-likeness (QED) is 0.854. The third-order valence-electron chi connectivity index (χ3n) is 4.04. The van der Waals surface area contributed by atoms with E-state index in [0.29, 0.717) is 36.0 Å². The summed E-state index contributed by atoms with van der Waals surface area (Å²) in [6.07, 6.45) is 0.794. The fraction of sp³-hybridized carbons (Fsp3) is 0.278. The van der Waals surface area contributed by atoms with E-state index in [9.17, 15) is 13.2 Å². The van der Waals surface area contributed by atoms with Gasteiger partial charge in [-0.25, -0.2) is 13.1 Å². The van der Waals surface area contributed by atoms with E-state index in [1.54, 1.807) is 31.2 Å². The Morgan fingerprint density at radius 3 is 2.50 bits per heavy atom. The lowest BCUT2D eigenvalue weighted by Gasteiger charge is -2.12. The third-order valence-corrected chi connectivity index (χ3v) is 5.45. The second-order valence-electron chi connectivity index (χ2n) is 5.85. The first-order valence-electron chi connectivity index (χ1n) is 8.16. The first kappa shape index (κ1) is 18.2. The summed E-state index contributed by atoms with van der Waals surface area (Å²) in [6, 6.07) is 9.58. The highest BCUT2D eigenvalue weighted by Gasteiger charge is 2.17. The number of nitrogens with one attached hydrogen (secondary N) is 2. The molecule has 138 valence electrons. The van der Waals surface area contributed by atoms with Gasteiger partial charge in [0.15, 0.2) is 11.5 Å². The number of amides is 1. The minimum absolute atomic E-state index is 0.0365. The summed E-state index contributed by atoms with van der Waals surface area (Å²) >= 11 is 0. The predicted molar refractivity (Wildman–Crippen MR) is 97.4 cm³/mol. The van der Waals surface area contributed by atoms with Crippen molar-refractivity contribution in [2.45, 2.75) is 18.2 Å². The Morgan fingerprint density at radius 2 is 1.77 bits per heavy atom. The summed E-state index contributed by atoms with van der Waals surface area (Å²) in [5.41, 5.74) is 1.50. The van der Waals surface area contributed by atoms with E-state index in [4.69, 9.17) is 9.47 Å². The van der Waals surface area contributed by atoms with Gasteiger partial charge < -0.3 is 14.8 Å². The van der Waals surface area contributed by atoms with Crippen LogP contribution in [0.4, 0.5) is 5.69 Å². The Bertz CT molecular complexity index is 941. The van der Waals surface area contributed by atoms with Crippen LogP contribution in [0.25, 0.3) is 0 Å². The number of hydrogen-bond donors (Lipinski definition) is 2. The zero-order valence-electron chi connectivity index (χ0n) is 14.5. The van der Waals surface area contributed by atoms with Gasteiger partial charge >= 0.3 is 0 Å². The van der Waals surface area contributed by atoms with Crippen LogP contribution in [0, 0.1) is 6.92 Å². The predicted octanol–water partition coefficient (Wildman–Crippen LogP) is 2.32. The Labute approximate surface area is 152 Å². The molecule has 26 heavy (non-hydrogen) atoms. The fourth-order valence-electron chi connectivity index (χ4n) is 2.57. The standard InChI is InChI=1S/C18H20N2O5S/c1-12-4-6-14(26(22,23)19-2)11-15(12)18(21)20-13-5-7-16-17(10-13)25-9-3-8-24-16/h4-7,10-11,19H,3,8-9H2,1-2H3,(H,20,21). The van der Waals surface area contributed by atoms with Crippen molar-refractivity contribution in [3.8, 4) is 11.5 Å². The van der Waals surface area contributed by atoms with Crippen molar-refractivity contribution in [1.29, 1.82) is 0 Å². The van der Waals surface area contributed by atoms with Crippen LogP contribution in [-0.2, 0) is 10.0 Å². The second-order valence-corrected chi connectivity index (χ2v) is 7.74. The molecule has 0 fully saturated rings. The van der Waals surface area contributed by atoms with Gasteiger partial charge in [0.25, 0.3) is 5.91 Å². The molecule has 0 atom stereocenters. The highest BCUT2D eigenvalue weighted by molar-refractivity contribution is 7.89. The van der Waals surface area contributed by atoms with Gasteiger partial charge in [0.2, 0.25) is 10.0 Å². The molecular weight excluding hydrogens is 356 g/mol. The molecule has 3 rings (SSSR count). The molecule has 1 heterocycles. The highest BCUT2D eigenvalue weighted by Crippen LogP contribution is 2.32. The van der Waals surface area contributed by atoms with Gasteiger partial charge in [0.1, 0.15) is 0 Å². The van der Waals surface area contributed by atoms with Crippen molar-refractivity contribution in [3.63, 3.8) is 0 Å². The summed E-state index contributed by atoms with van der Waals surface area (Å²) < 4.78 is 37.4. The van der Waals surface area contributed by atoms with E-state index in [-0.39, 0.29) is 10.5 Å². The van der Waals surface area contributed by atoms with E-state index in [1.165, 1.54) is 19.2 Å². The number of rotatable bonds is 4. The number of benzene rings is 2. The summed E-state index contributed by atoms with van der Waals surface area (Å²) in [6.45, 7) is 2.89. The zero-order chi connectivity index (χ0) is 18.7. The molecule has 2 aromatic carbocycles. The zero-order valence-corrected chi connectivity index (χ0v) is 15.4. The van der Waals surface area contributed by atoms with Gasteiger partial charge in [-0.3, -0.25) is 4.79 Å². The molecule has 2 N–H and O–H groups in total. The Balaban J connectivity index is 1.86. The summed E-state index contributed by atoms with van der Waals surface area (Å²) in [4.78, 5) is 12.7. The van der Waals surface area contributed by atoms with Gasteiger partial charge in [-0.2, -0.15) is 0 Å². The summed E-state index contributed by atoms with van der Waals surface area (Å²) in [5.74, 6) is 0.812. The Kier molecular flexibility index (Phi) is 5.15. The van der Waals surface area contributed by atoms with Crippen LogP contribution < -0.4 is 19.5 Å². The topological polar surface area (TPSA) is 93.7 Å². The molecule has 0 unspecified atom stereocenters. The second kappa shape index (κ2) is 7.35. The maximum absolute atomic E-state index is 12.6. The van der Waals surface area contributed by atoms with Gasteiger partial charge in [-0.1, -0.05) is 6.07 Å². The normalized spacial score (nSPS) is 13.8. The maximum atomic E-state index is 12.6. The lowest BCUT2D eigenvalue weighted by atomic mass is 10.1. The van der Waals surface area contributed by atoms with E-state index in [1.807, 2.05) is 0 Å². The smallest absolute Gasteiger partial charge is 0.255 e. The van der Waals surface area contributed by atoms with Crippen molar-refractivity contribution in [1.82, 2.24) is 4.72 Å². The molecule has 7 nitrogen and oxygen atoms in total. The lowest BCUT2D eigenvalue weighted by molar-refractivity contribution is 0.102. The average molecular weight is 376 g/mol. The molecule has 0 spiro atoms. The number of hydrogen-bond acceptors (Lipinski definition) is 5. The van der Waals surface area contributed by atoms with Crippen LogP contribution in [0.15, 0.2) is 41.3 Å². The lowest BCUT2D eigenvalue weighted by Crippen LogP contribution is -2.20. The molecule has 1 aliphatic rings. The summed E-state index contributed by atoms with van der Waals surface area (Å²) in [5, 5.41) is 2.78. The molecule has 1 aliphatic heterocycles. The summed E-state index contributed by atoms with van der Waals surface area (Å²) in [7, 11) is -2.30. The van der Waals surface area contributed by atoms with Crippen LogP contribution in [0.3, 0.4) is 0 Å². The monoisotopic (exact) mass is 376 g/mol. The Morgan fingerprint density at radius 1 is 1.04 bits per heavy atom. The van der Waals surface area contributed by atoms with E-state index in [0.717, 1.165) is 6.42 Å². The van der Waals surface area contributed by atoms with E-state index < -0.39 is 15.9 Å². The molecule has 1 amide bonds. The van der Waals surface area contributed by atoms with Gasteiger partial charge in [-0.05, 0) is 43.8 Å². The minimum atomic E-state index is -3.63. The number of ether oxygens (including phenoxy) is 2. The largest absolute Gasteiger partial charge is 0.490 e. The number of fused-ring (bicyclic) bond motifs is 1. The molecule has 8 heteroatoms. The van der Waals surface area contributed by atoms with Gasteiger partial charge in [-0.15, -0.1) is 0 Å². The number of sulfonamides is 1. The molecule has 2 aromatic rings. The molecular formula is C18H20N2O5S. The third kappa shape index (κ3) is 3.81. The maximum Gasteiger partial charge on any atom is 0.255 e. The van der Waals surface area contributed by atoms with Crippen LogP contribution in [0.2, 0.25) is 0 Å². The SMILES string of the molecule is CNS(=O)(=O)c1ccc(C)c(C(=O)Nc2ccc3c(c2)OCCCO3)c1. The molecule has 0 saturated heterocycles. The number of anilines is 1. The highest BCUT2D eigenvalue weighted by atomic mass is 32.2. The molecule has 0 radical (unpaired) electrons. The molecule has 0 saturated carbocycles.